The number of benzene rings is 2. The monoisotopic (exact) mass is 257 g/mol. The Morgan fingerprint density at radius 1 is 1.05 bits per heavy atom. The highest BCUT2D eigenvalue weighted by Crippen LogP contribution is 2.21. The van der Waals surface area contributed by atoms with E-state index in [1.807, 2.05) is 18.2 Å². The first-order valence-corrected chi connectivity index (χ1v) is 6.80. The van der Waals surface area contributed by atoms with Crippen molar-refractivity contribution in [1.82, 2.24) is 0 Å². The van der Waals surface area contributed by atoms with Gasteiger partial charge >= 0.3 is 0 Å². The van der Waals surface area contributed by atoms with E-state index in [-0.39, 0.29) is 11.9 Å². The van der Waals surface area contributed by atoms with E-state index in [9.17, 15) is 4.39 Å². The Balaban J connectivity index is 2.13. The van der Waals surface area contributed by atoms with Crippen molar-refractivity contribution in [2.75, 3.05) is 0 Å². The molecule has 0 aliphatic carbocycles. The standard InChI is InChI=1S/C17H20FN/c1-2-3-5-13-8-10-14(11-9-13)17(19)15-6-4-7-16(18)12-15/h4,6-12,17H,2-3,5,19H2,1H3. The van der Waals surface area contributed by atoms with E-state index in [1.54, 1.807) is 6.07 Å². The Morgan fingerprint density at radius 2 is 1.79 bits per heavy atom. The van der Waals surface area contributed by atoms with Gasteiger partial charge in [-0.25, -0.2) is 4.39 Å². The maximum absolute atomic E-state index is 13.2. The Bertz CT molecular complexity index is 519. The lowest BCUT2D eigenvalue weighted by Crippen LogP contribution is -2.12. The summed E-state index contributed by atoms with van der Waals surface area (Å²) in [6, 6.07) is 14.5. The normalized spacial score (nSPS) is 12.4. The molecule has 2 rings (SSSR count). The van der Waals surface area contributed by atoms with E-state index in [2.05, 4.69) is 19.1 Å². The van der Waals surface area contributed by atoms with Crippen molar-refractivity contribution in [3.8, 4) is 0 Å². The lowest BCUT2D eigenvalue weighted by atomic mass is 9.97. The van der Waals surface area contributed by atoms with E-state index in [4.69, 9.17) is 5.73 Å². The predicted molar refractivity (Wildman–Crippen MR) is 77.5 cm³/mol. The molecular formula is C17H20FN. The van der Waals surface area contributed by atoms with Crippen molar-refractivity contribution in [3.63, 3.8) is 0 Å². The Morgan fingerprint density at radius 3 is 2.42 bits per heavy atom. The lowest BCUT2D eigenvalue weighted by molar-refractivity contribution is 0.623. The van der Waals surface area contributed by atoms with Crippen molar-refractivity contribution in [2.24, 2.45) is 5.73 Å². The molecule has 0 bridgehead atoms. The zero-order chi connectivity index (χ0) is 13.7. The molecule has 19 heavy (non-hydrogen) atoms. The summed E-state index contributed by atoms with van der Waals surface area (Å²) < 4.78 is 13.2. The van der Waals surface area contributed by atoms with Gasteiger partial charge in [-0.05, 0) is 41.7 Å². The maximum atomic E-state index is 13.2. The van der Waals surface area contributed by atoms with Crippen molar-refractivity contribution in [2.45, 2.75) is 32.2 Å². The number of halogens is 1. The SMILES string of the molecule is CCCCc1ccc(C(N)c2cccc(F)c2)cc1. The van der Waals surface area contributed by atoms with Crippen LogP contribution in [0, 0.1) is 5.82 Å². The Hall–Kier alpha value is -1.67. The number of hydrogen-bond donors (Lipinski definition) is 1. The molecule has 1 unspecified atom stereocenters. The second-order valence-electron chi connectivity index (χ2n) is 4.88. The molecule has 100 valence electrons. The van der Waals surface area contributed by atoms with E-state index in [0.717, 1.165) is 17.5 Å². The van der Waals surface area contributed by atoms with Gasteiger partial charge in [0.1, 0.15) is 5.82 Å². The number of rotatable bonds is 5. The van der Waals surface area contributed by atoms with E-state index in [0.29, 0.717) is 0 Å². The molecule has 0 heterocycles. The molecule has 2 aromatic carbocycles. The van der Waals surface area contributed by atoms with Crippen LogP contribution in [0.4, 0.5) is 4.39 Å². The molecule has 0 fully saturated rings. The second-order valence-corrected chi connectivity index (χ2v) is 4.88. The fourth-order valence-corrected chi connectivity index (χ4v) is 2.17. The van der Waals surface area contributed by atoms with Gasteiger partial charge in [-0.15, -0.1) is 0 Å². The molecule has 2 heteroatoms. The highest BCUT2D eigenvalue weighted by molar-refractivity contribution is 5.33. The Labute approximate surface area is 114 Å². The van der Waals surface area contributed by atoms with Crippen LogP contribution in [0.3, 0.4) is 0 Å². The first-order valence-electron chi connectivity index (χ1n) is 6.80. The molecule has 0 aliphatic rings. The van der Waals surface area contributed by atoms with Gasteiger partial charge in [-0.1, -0.05) is 49.7 Å². The fourth-order valence-electron chi connectivity index (χ4n) is 2.17. The minimum absolute atomic E-state index is 0.243. The van der Waals surface area contributed by atoms with E-state index < -0.39 is 0 Å². The molecule has 0 saturated carbocycles. The van der Waals surface area contributed by atoms with Gasteiger partial charge in [0.05, 0.1) is 6.04 Å². The molecule has 0 radical (unpaired) electrons. The van der Waals surface area contributed by atoms with Gasteiger partial charge in [0.15, 0.2) is 0 Å². The second kappa shape index (κ2) is 6.48. The largest absolute Gasteiger partial charge is 0.320 e. The van der Waals surface area contributed by atoms with Gasteiger partial charge in [0.25, 0.3) is 0 Å². The van der Waals surface area contributed by atoms with Crippen molar-refractivity contribution in [1.29, 1.82) is 0 Å². The molecule has 0 aromatic heterocycles. The highest BCUT2D eigenvalue weighted by atomic mass is 19.1. The number of unbranched alkanes of at least 4 members (excludes halogenated alkanes) is 1. The first kappa shape index (κ1) is 13.8. The predicted octanol–water partition coefficient (Wildman–Crippen LogP) is 4.22. The van der Waals surface area contributed by atoms with Crippen molar-refractivity contribution < 1.29 is 4.39 Å². The molecule has 2 N–H and O–H groups in total. The first-order chi connectivity index (χ1) is 9.20. The average molecular weight is 257 g/mol. The summed E-state index contributed by atoms with van der Waals surface area (Å²) in [7, 11) is 0. The summed E-state index contributed by atoms with van der Waals surface area (Å²) in [4.78, 5) is 0. The minimum atomic E-state index is -0.268. The van der Waals surface area contributed by atoms with Crippen LogP contribution in [0.1, 0.15) is 42.5 Å². The van der Waals surface area contributed by atoms with Gasteiger partial charge < -0.3 is 5.73 Å². The average Bonchev–Trinajstić information content (AvgIpc) is 2.45. The topological polar surface area (TPSA) is 26.0 Å². The third-order valence-electron chi connectivity index (χ3n) is 3.37. The summed E-state index contributed by atoms with van der Waals surface area (Å²) in [5.74, 6) is -0.243. The fraction of sp³-hybridized carbons (Fsp3) is 0.294. The van der Waals surface area contributed by atoms with E-state index in [1.165, 1.54) is 30.5 Å². The molecule has 0 aliphatic heterocycles. The van der Waals surface area contributed by atoms with Crippen LogP contribution in [0.5, 0.6) is 0 Å². The van der Waals surface area contributed by atoms with Crippen molar-refractivity contribution in [3.05, 3.63) is 71.0 Å². The van der Waals surface area contributed by atoms with Gasteiger partial charge in [-0.3, -0.25) is 0 Å². The molecule has 0 spiro atoms. The summed E-state index contributed by atoms with van der Waals surface area (Å²) in [6.07, 6.45) is 3.51. The molecule has 1 nitrogen and oxygen atoms in total. The molecule has 1 atom stereocenters. The van der Waals surface area contributed by atoms with Crippen LogP contribution in [-0.2, 0) is 6.42 Å². The quantitative estimate of drug-likeness (QED) is 0.852. The zero-order valence-corrected chi connectivity index (χ0v) is 11.3. The molecule has 2 aromatic rings. The van der Waals surface area contributed by atoms with Crippen LogP contribution in [0.15, 0.2) is 48.5 Å². The van der Waals surface area contributed by atoms with Crippen LogP contribution in [0.2, 0.25) is 0 Å². The van der Waals surface area contributed by atoms with Crippen LogP contribution >= 0.6 is 0 Å². The maximum Gasteiger partial charge on any atom is 0.123 e. The Kier molecular flexibility index (Phi) is 4.69. The van der Waals surface area contributed by atoms with E-state index >= 15 is 0 Å². The lowest BCUT2D eigenvalue weighted by Gasteiger charge is -2.13. The van der Waals surface area contributed by atoms with Gasteiger partial charge in [0, 0.05) is 0 Å². The molecular weight excluding hydrogens is 237 g/mol. The smallest absolute Gasteiger partial charge is 0.123 e. The zero-order valence-electron chi connectivity index (χ0n) is 11.3. The van der Waals surface area contributed by atoms with Crippen LogP contribution in [-0.4, -0.2) is 0 Å². The van der Waals surface area contributed by atoms with Crippen LogP contribution in [0.25, 0.3) is 0 Å². The number of nitrogens with two attached hydrogens (primary N) is 1. The summed E-state index contributed by atoms with van der Waals surface area (Å²) in [5, 5.41) is 0. The van der Waals surface area contributed by atoms with Crippen molar-refractivity contribution >= 4 is 0 Å². The number of aryl methyl sites for hydroxylation is 1. The van der Waals surface area contributed by atoms with Gasteiger partial charge in [-0.2, -0.15) is 0 Å². The minimum Gasteiger partial charge on any atom is -0.320 e. The third-order valence-corrected chi connectivity index (χ3v) is 3.37. The molecule has 0 amide bonds. The summed E-state index contributed by atoms with van der Waals surface area (Å²) >= 11 is 0. The van der Waals surface area contributed by atoms with Crippen LogP contribution < -0.4 is 5.73 Å². The number of hydrogen-bond acceptors (Lipinski definition) is 1. The summed E-state index contributed by atoms with van der Waals surface area (Å²) in [6.45, 7) is 2.19. The highest BCUT2D eigenvalue weighted by Gasteiger charge is 2.09. The van der Waals surface area contributed by atoms with Gasteiger partial charge in [0.2, 0.25) is 0 Å². The third kappa shape index (κ3) is 3.65. The summed E-state index contributed by atoms with van der Waals surface area (Å²) in [5.41, 5.74) is 9.33. The molecule has 0 saturated heterocycles.